The van der Waals surface area contributed by atoms with Crippen LogP contribution in [0.2, 0.25) is 0 Å². The van der Waals surface area contributed by atoms with Gasteiger partial charge in [-0.2, -0.15) is 0 Å². The number of thiophene rings is 1. The first-order chi connectivity index (χ1) is 12.1. The van der Waals surface area contributed by atoms with Crippen LogP contribution in [0.5, 0.6) is 0 Å². The molecule has 0 saturated carbocycles. The zero-order valence-corrected chi connectivity index (χ0v) is 18.0. The molecular formula is C17H23N3O3S3. The zero-order chi connectivity index (χ0) is 19.2. The van der Waals surface area contributed by atoms with Gasteiger partial charge in [0.15, 0.2) is 9.84 Å². The summed E-state index contributed by atoms with van der Waals surface area (Å²) in [6.45, 7) is 7.83. The number of thioether (sulfide) groups is 1. The van der Waals surface area contributed by atoms with E-state index in [4.69, 9.17) is 0 Å². The SMILES string of the molecule is Cc1nc(S[C@H](C)C(=O)N(C)[C@@H]2CCS(=O)(=O)C2)c2c(C)c(C)sc2n1. The molecule has 1 saturated heterocycles. The molecule has 2 atom stereocenters. The summed E-state index contributed by atoms with van der Waals surface area (Å²) in [5, 5.41) is 1.50. The monoisotopic (exact) mass is 413 g/mol. The summed E-state index contributed by atoms with van der Waals surface area (Å²) in [4.78, 5) is 25.7. The first kappa shape index (κ1) is 19.6. The lowest BCUT2D eigenvalue weighted by atomic mass is 10.2. The van der Waals surface area contributed by atoms with Gasteiger partial charge in [0.2, 0.25) is 5.91 Å². The Morgan fingerprint density at radius 2 is 2.00 bits per heavy atom. The van der Waals surface area contributed by atoms with Crippen LogP contribution in [-0.4, -0.2) is 59.0 Å². The quantitative estimate of drug-likeness (QED) is 0.566. The lowest BCUT2D eigenvalue weighted by molar-refractivity contribution is -0.130. The Kier molecular flexibility index (Phi) is 5.33. The topological polar surface area (TPSA) is 80.2 Å². The summed E-state index contributed by atoms with van der Waals surface area (Å²) in [5.41, 5.74) is 1.15. The molecule has 2 aromatic rings. The third kappa shape index (κ3) is 3.75. The highest BCUT2D eigenvalue weighted by atomic mass is 32.2. The van der Waals surface area contributed by atoms with Crippen LogP contribution >= 0.6 is 23.1 Å². The zero-order valence-electron chi connectivity index (χ0n) is 15.6. The fourth-order valence-corrected chi connectivity index (χ4v) is 7.23. The summed E-state index contributed by atoms with van der Waals surface area (Å²) < 4.78 is 23.4. The highest BCUT2D eigenvalue weighted by Crippen LogP contribution is 2.37. The molecule has 2 aromatic heterocycles. The normalized spacial score (nSPS) is 20.4. The predicted molar refractivity (Wildman–Crippen MR) is 107 cm³/mol. The summed E-state index contributed by atoms with van der Waals surface area (Å²) in [7, 11) is -1.32. The minimum Gasteiger partial charge on any atom is -0.341 e. The molecule has 1 fully saturated rings. The van der Waals surface area contributed by atoms with Gasteiger partial charge in [-0.15, -0.1) is 11.3 Å². The van der Waals surface area contributed by atoms with E-state index in [1.54, 1.807) is 23.3 Å². The number of hydrogen-bond donors (Lipinski definition) is 0. The van der Waals surface area contributed by atoms with Gasteiger partial charge in [-0.05, 0) is 39.7 Å². The Morgan fingerprint density at radius 1 is 1.31 bits per heavy atom. The van der Waals surface area contributed by atoms with Crippen LogP contribution < -0.4 is 0 Å². The van der Waals surface area contributed by atoms with Crippen molar-refractivity contribution in [1.29, 1.82) is 0 Å². The third-order valence-corrected chi connectivity index (χ3v) is 8.77. The molecule has 0 radical (unpaired) electrons. The largest absolute Gasteiger partial charge is 0.341 e. The molecular weight excluding hydrogens is 390 g/mol. The summed E-state index contributed by atoms with van der Waals surface area (Å²) >= 11 is 3.07. The molecule has 0 aliphatic carbocycles. The minimum absolute atomic E-state index is 0.0618. The number of aromatic nitrogens is 2. The number of hydrogen-bond acceptors (Lipinski definition) is 7. The average Bonchev–Trinajstić information content (AvgIpc) is 3.05. The standard InChI is InChI=1S/C17H23N3O3S3/c1-9-10(2)24-15-14(9)16(19-12(4)18-15)25-11(3)17(21)20(5)13-6-7-26(22,23)8-13/h11,13H,6-8H2,1-5H3/t11-,13-/m1/s1. The lowest BCUT2D eigenvalue weighted by Crippen LogP contribution is -2.41. The van der Waals surface area contributed by atoms with Gasteiger partial charge in [0.1, 0.15) is 15.7 Å². The van der Waals surface area contributed by atoms with Crippen LogP contribution in [0.1, 0.15) is 29.6 Å². The second-order valence-corrected chi connectivity index (χ2v) is 11.6. The number of nitrogens with zero attached hydrogens (tertiary/aromatic N) is 3. The maximum Gasteiger partial charge on any atom is 0.235 e. The summed E-state index contributed by atoms with van der Waals surface area (Å²) in [6, 6.07) is -0.229. The molecule has 0 bridgehead atoms. The second kappa shape index (κ2) is 7.09. The van der Waals surface area contributed by atoms with Crippen molar-refractivity contribution in [2.24, 2.45) is 0 Å². The van der Waals surface area contributed by atoms with Crippen molar-refractivity contribution in [2.75, 3.05) is 18.6 Å². The molecule has 1 aliphatic heterocycles. The molecule has 3 rings (SSSR count). The van der Waals surface area contributed by atoms with Crippen molar-refractivity contribution >= 4 is 49.1 Å². The third-order valence-electron chi connectivity index (χ3n) is 4.85. The van der Waals surface area contributed by atoms with Crippen molar-refractivity contribution in [2.45, 2.75) is 50.4 Å². The molecule has 0 aromatic carbocycles. The molecule has 1 aliphatic rings. The van der Waals surface area contributed by atoms with Gasteiger partial charge in [-0.1, -0.05) is 11.8 Å². The number of rotatable bonds is 4. The minimum atomic E-state index is -3.02. The van der Waals surface area contributed by atoms with Crippen LogP contribution in [0.3, 0.4) is 0 Å². The second-order valence-electron chi connectivity index (χ2n) is 6.81. The van der Waals surface area contributed by atoms with Crippen molar-refractivity contribution in [1.82, 2.24) is 14.9 Å². The van der Waals surface area contributed by atoms with Crippen LogP contribution in [0, 0.1) is 20.8 Å². The highest BCUT2D eigenvalue weighted by molar-refractivity contribution is 8.00. The lowest BCUT2D eigenvalue weighted by Gasteiger charge is -2.26. The van der Waals surface area contributed by atoms with E-state index in [0.29, 0.717) is 12.2 Å². The van der Waals surface area contributed by atoms with Gasteiger partial charge in [-0.3, -0.25) is 4.79 Å². The van der Waals surface area contributed by atoms with Crippen molar-refractivity contribution in [3.8, 4) is 0 Å². The average molecular weight is 414 g/mol. The molecule has 0 spiro atoms. The Labute approximate surface area is 162 Å². The van der Waals surface area contributed by atoms with Crippen molar-refractivity contribution in [3.05, 3.63) is 16.3 Å². The Morgan fingerprint density at radius 3 is 2.62 bits per heavy atom. The highest BCUT2D eigenvalue weighted by Gasteiger charge is 2.34. The van der Waals surface area contributed by atoms with E-state index >= 15 is 0 Å². The van der Waals surface area contributed by atoms with Crippen molar-refractivity contribution in [3.63, 3.8) is 0 Å². The van der Waals surface area contributed by atoms with E-state index in [1.165, 1.54) is 16.6 Å². The van der Waals surface area contributed by atoms with Gasteiger partial charge >= 0.3 is 0 Å². The van der Waals surface area contributed by atoms with Crippen LogP contribution in [0.15, 0.2) is 5.03 Å². The number of carbonyl (C=O) groups is 1. The van der Waals surface area contributed by atoms with E-state index in [9.17, 15) is 13.2 Å². The van der Waals surface area contributed by atoms with Gasteiger partial charge in [0.05, 0.1) is 16.8 Å². The van der Waals surface area contributed by atoms with Crippen molar-refractivity contribution < 1.29 is 13.2 Å². The fourth-order valence-electron chi connectivity index (χ4n) is 3.17. The molecule has 26 heavy (non-hydrogen) atoms. The number of aryl methyl sites for hydroxylation is 3. The molecule has 6 nitrogen and oxygen atoms in total. The Hall–Kier alpha value is -1.19. The maximum absolute atomic E-state index is 12.8. The molecule has 3 heterocycles. The predicted octanol–water partition coefficient (Wildman–Crippen LogP) is 2.74. The number of sulfone groups is 1. The van der Waals surface area contributed by atoms with E-state index in [1.807, 2.05) is 13.8 Å². The fraction of sp³-hybridized carbons (Fsp3) is 0.588. The number of carbonyl (C=O) groups excluding carboxylic acids is 1. The van der Waals surface area contributed by atoms with Crippen LogP contribution in [0.25, 0.3) is 10.2 Å². The van der Waals surface area contributed by atoms with Gasteiger partial charge in [0.25, 0.3) is 0 Å². The van der Waals surface area contributed by atoms with Gasteiger partial charge in [-0.25, -0.2) is 18.4 Å². The first-order valence-electron chi connectivity index (χ1n) is 8.47. The Bertz CT molecular complexity index is 969. The smallest absolute Gasteiger partial charge is 0.235 e. The molecule has 9 heteroatoms. The van der Waals surface area contributed by atoms with Crippen LogP contribution in [-0.2, 0) is 14.6 Å². The van der Waals surface area contributed by atoms with Gasteiger partial charge < -0.3 is 4.90 Å². The Balaban J connectivity index is 1.82. The van der Waals surface area contributed by atoms with E-state index in [0.717, 1.165) is 20.8 Å². The van der Waals surface area contributed by atoms with E-state index in [-0.39, 0.29) is 28.7 Å². The summed E-state index contributed by atoms with van der Waals surface area (Å²) in [5.74, 6) is 0.852. The number of fused-ring (bicyclic) bond motifs is 1. The van der Waals surface area contributed by atoms with Gasteiger partial charge in [0, 0.05) is 23.4 Å². The maximum atomic E-state index is 12.8. The molecule has 1 amide bonds. The molecule has 0 unspecified atom stereocenters. The van der Waals surface area contributed by atoms with E-state index in [2.05, 4.69) is 23.8 Å². The number of amides is 1. The van der Waals surface area contributed by atoms with Crippen LogP contribution in [0.4, 0.5) is 0 Å². The first-order valence-corrected chi connectivity index (χ1v) is 12.0. The molecule has 0 N–H and O–H groups in total. The summed E-state index contributed by atoms with van der Waals surface area (Å²) in [6.07, 6.45) is 0.516. The molecule has 142 valence electrons. The van der Waals surface area contributed by atoms with E-state index < -0.39 is 9.84 Å².